The SMILES string of the molecule is [CH2]C(OCC)C(CCCCCCCCC)OC. The fourth-order valence-corrected chi connectivity index (χ4v) is 2.08. The zero-order valence-corrected chi connectivity index (χ0v) is 12.0. The quantitative estimate of drug-likeness (QED) is 0.474. The van der Waals surface area contributed by atoms with E-state index >= 15 is 0 Å². The summed E-state index contributed by atoms with van der Waals surface area (Å²) in [5.41, 5.74) is 0. The van der Waals surface area contributed by atoms with Gasteiger partial charge in [0.1, 0.15) is 0 Å². The Kier molecular flexibility index (Phi) is 12.3. The summed E-state index contributed by atoms with van der Waals surface area (Å²) in [5, 5.41) is 0. The predicted octanol–water partition coefficient (Wildman–Crippen LogP) is 4.38. The average Bonchev–Trinajstić information content (AvgIpc) is 2.33. The highest BCUT2D eigenvalue weighted by molar-refractivity contribution is 4.72. The van der Waals surface area contributed by atoms with Crippen LogP contribution >= 0.6 is 0 Å². The van der Waals surface area contributed by atoms with Gasteiger partial charge in [-0.15, -0.1) is 0 Å². The van der Waals surface area contributed by atoms with Crippen LogP contribution in [0.15, 0.2) is 0 Å². The summed E-state index contributed by atoms with van der Waals surface area (Å²) in [6.45, 7) is 8.96. The minimum atomic E-state index is -0.0231. The second kappa shape index (κ2) is 12.4. The van der Waals surface area contributed by atoms with Crippen LogP contribution in [-0.4, -0.2) is 25.9 Å². The van der Waals surface area contributed by atoms with E-state index in [1.54, 1.807) is 7.11 Å². The Morgan fingerprint density at radius 3 is 2.06 bits per heavy atom. The van der Waals surface area contributed by atoms with E-state index in [0.29, 0.717) is 6.61 Å². The van der Waals surface area contributed by atoms with Crippen molar-refractivity contribution in [3.8, 4) is 0 Å². The molecule has 0 aromatic heterocycles. The van der Waals surface area contributed by atoms with Crippen molar-refractivity contribution in [2.24, 2.45) is 0 Å². The first kappa shape index (κ1) is 16.9. The highest BCUT2D eigenvalue weighted by Gasteiger charge is 2.15. The lowest BCUT2D eigenvalue weighted by Gasteiger charge is -2.22. The molecule has 0 N–H and O–H groups in total. The van der Waals surface area contributed by atoms with Gasteiger partial charge in [0.15, 0.2) is 0 Å². The highest BCUT2D eigenvalue weighted by atomic mass is 16.5. The normalized spacial score (nSPS) is 14.8. The van der Waals surface area contributed by atoms with Crippen LogP contribution in [0.25, 0.3) is 0 Å². The Bertz CT molecular complexity index is 148. The van der Waals surface area contributed by atoms with E-state index in [2.05, 4.69) is 13.8 Å². The van der Waals surface area contributed by atoms with Crippen LogP contribution in [0, 0.1) is 6.92 Å². The van der Waals surface area contributed by atoms with Gasteiger partial charge in [0, 0.05) is 13.7 Å². The molecule has 0 aromatic carbocycles. The van der Waals surface area contributed by atoms with Gasteiger partial charge in [0.25, 0.3) is 0 Å². The van der Waals surface area contributed by atoms with Crippen molar-refractivity contribution in [1.29, 1.82) is 0 Å². The molecule has 0 spiro atoms. The monoisotopic (exact) mass is 243 g/mol. The molecule has 0 aliphatic heterocycles. The summed E-state index contributed by atoms with van der Waals surface area (Å²) < 4.78 is 10.9. The molecule has 0 aliphatic carbocycles. The van der Waals surface area contributed by atoms with Gasteiger partial charge in [-0.25, -0.2) is 0 Å². The molecule has 0 rings (SSSR count). The van der Waals surface area contributed by atoms with Gasteiger partial charge in [0.2, 0.25) is 0 Å². The van der Waals surface area contributed by atoms with Crippen molar-refractivity contribution >= 4 is 0 Å². The second-order valence-corrected chi connectivity index (χ2v) is 4.68. The summed E-state index contributed by atoms with van der Waals surface area (Å²) in [6, 6.07) is 0. The van der Waals surface area contributed by atoms with Crippen LogP contribution in [0.2, 0.25) is 0 Å². The van der Waals surface area contributed by atoms with Crippen LogP contribution in [0.5, 0.6) is 0 Å². The fourth-order valence-electron chi connectivity index (χ4n) is 2.08. The summed E-state index contributed by atoms with van der Waals surface area (Å²) in [5.74, 6) is 0. The summed E-state index contributed by atoms with van der Waals surface area (Å²) in [7, 11) is 1.75. The lowest BCUT2D eigenvalue weighted by atomic mass is 10.0. The van der Waals surface area contributed by atoms with Gasteiger partial charge in [-0.05, 0) is 20.3 Å². The molecule has 0 fully saturated rings. The molecule has 0 heterocycles. The molecule has 0 saturated heterocycles. The van der Waals surface area contributed by atoms with Gasteiger partial charge in [-0.1, -0.05) is 51.9 Å². The molecule has 0 aromatic rings. The molecular weight excluding hydrogens is 212 g/mol. The predicted molar refractivity (Wildman–Crippen MR) is 74.2 cm³/mol. The van der Waals surface area contributed by atoms with Gasteiger partial charge in [0.05, 0.1) is 12.2 Å². The fraction of sp³-hybridized carbons (Fsp3) is 0.933. The Balaban J connectivity index is 3.43. The van der Waals surface area contributed by atoms with E-state index in [1.807, 2.05) is 6.92 Å². The maximum atomic E-state index is 5.47. The zero-order valence-electron chi connectivity index (χ0n) is 12.0. The first-order valence-corrected chi connectivity index (χ1v) is 7.23. The molecule has 0 bridgehead atoms. The molecule has 0 aliphatic rings. The molecule has 2 atom stereocenters. The van der Waals surface area contributed by atoms with E-state index in [0.717, 1.165) is 6.42 Å². The van der Waals surface area contributed by atoms with Crippen molar-refractivity contribution < 1.29 is 9.47 Å². The zero-order chi connectivity index (χ0) is 12.9. The summed E-state index contributed by atoms with van der Waals surface area (Å²) in [6.07, 6.45) is 10.6. The van der Waals surface area contributed by atoms with Crippen molar-refractivity contribution in [3.05, 3.63) is 6.92 Å². The first-order chi connectivity index (χ1) is 8.26. The molecule has 103 valence electrons. The number of methoxy groups -OCH3 is 1. The van der Waals surface area contributed by atoms with Crippen LogP contribution in [0.4, 0.5) is 0 Å². The Morgan fingerprint density at radius 1 is 0.941 bits per heavy atom. The number of hydrogen-bond acceptors (Lipinski definition) is 2. The van der Waals surface area contributed by atoms with Crippen LogP contribution in [0.1, 0.15) is 65.2 Å². The van der Waals surface area contributed by atoms with Crippen molar-refractivity contribution in [1.82, 2.24) is 0 Å². The van der Waals surface area contributed by atoms with E-state index in [4.69, 9.17) is 9.47 Å². The molecule has 17 heavy (non-hydrogen) atoms. The van der Waals surface area contributed by atoms with Gasteiger partial charge in [-0.2, -0.15) is 0 Å². The van der Waals surface area contributed by atoms with E-state index < -0.39 is 0 Å². The molecule has 2 unspecified atom stereocenters. The van der Waals surface area contributed by atoms with E-state index in [-0.39, 0.29) is 12.2 Å². The van der Waals surface area contributed by atoms with Gasteiger partial charge in [-0.3, -0.25) is 0 Å². The molecule has 2 nitrogen and oxygen atoms in total. The first-order valence-electron chi connectivity index (χ1n) is 7.23. The number of unbranched alkanes of at least 4 members (excludes halogenated alkanes) is 6. The van der Waals surface area contributed by atoms with Crippen LogP contribution in [0.3, 0.4) is 0 Å². The van der Waals surface area contributed by atoms with Crippen molar-refractivity contribution in [2.75, 3.05) is 13.7 Å². The third-order valence-electron chi connectivity index (χ3n) is 3.19. The smallest absolute Gasteiger partial charge is 0.0837 e. The molecule has 0 saturated carbocycles. The summed E-state index contributed by atoms with van der Waals surface area (Å²) >= 11 is 0. The molecule has 2 heteroatoms. The standard InChI is InChI=1S/C15H31O2/c1-5-7-8-9-10-11-12-13-15(16-4)14(3)17-6-2/h14-15H,3,5-13H2,1-2,4H3. The Labute approximate surface area is 108 Å². The highest BCUT2D eigenvalue weighted by Crippen LogP contribution is 2.14. The Morgan fingerprint density at radius 2 is 1.53 bits per heavy atom. The minimum Gasteiger partial charge on any atom is -0.379 e. The third-order valence-corrected chi connectivity index (χ3v) is 3.19. The van der Waals surface area contributed by atoms with Crippen molar-refractivity contribution in [3.63, 3.8) is 0 Å². The van der Waals surface area contributed by atoms with Crippen molar-refractivity contribution in [2.45, 2.75) is 77.4 Å². The van der Waals surface area contributed by atoms with Crippen LogP contribution in [-0.2, 0) is 9.47 Å². The Hall–Kier alpha value is -0.0800. The molecule has 0 amide bonds. The largest absolute Gasteiger partial charge is 0.379 e. The topological polar surface area (TPSA) is 18.5 Å². The summed E-state index contributed by atoms with van der Waals surface area (Å²) in [4.78, 5) is 0. The average molecular weight is 243 g/mol. The van der Waals surface area contributed by atoms with E-state index in [9.17, 15) is 0 Å². The van der Waals surface area contributed by atoms with E-state index in [1.165, 1.54) is 44.9 Å². The number of hydrogen-bond donors (Lipinski definition) is 0. The molecule has 1 radical (unpaired) electrons. The second-order valence-electron chi connectivity index (χ2n) is 4.68. The van der Waals surface area contributed by atoms with Crippen LogP contribution < -0.4 is 0 Å². The van der Waals surface area contributed by atoms with Gasteiger partial charge < -0.3 is 9.47 Å². The lowest BCUT2D eigenvalue weighted by Crippen LogP contribution is -2.28. The third kappa shape index (κ3) is 9.61. The number of rotatable bonds is 12. The minimum absolute atomic E-state index is 0.0231. The maximum absolute atomic E-state index is 5.47. The van der Waals surface area contributed by atoms with Gasteiger partial charge >= 0.3 is 0 Å². The maximum Gasteiger partial charge on any atom is 0.0837 e. The number of ether oxygens (including phenoxy) is 2. The molecular formula is C15H31O2. The lowest BCUT2D eigenvalue weighted by molar-refractivity contribution is -0.0341.